The summed E-state index contributed by atoms with van der Waals surface area (Å²) >= 11 is 0. The Morgan fingerprint density at radius 2 is 1.37 bits per heavy atom. The molecule has 0 aromatic heterocycles. The van der Waals surface area contributed by atoms with Crippen LogP contribution in [0, 0.1) is 31.6 Å². The minimum absolute atomic E-state index is 0.824. The van der Waals surface area contributed by atoms with Gasteiger partial charge in [0.05, 0.1) is 0 Å². The van der Waals surface area contributed by atoms with E-state index >= 15 is 0 Å². The van der Waals surface area contributed by atoms with Crippen molar-refractivity contribution in [3.8, 4) is 0 Å². The fraction of sp³-hybridized carbons (Fsp3) is 0.667. The van der Waals surface area contributed by atoms with E-state index in [-0.39, 0.29) is 0 Å². The third-order valence-corrected chi connectivity index (χ3v) is 4.63. The second-order valence-electron chi connectivity index (χ2n) is 8.56. The summed E-state index contributed by atoms with van der Waals surface area (Å²) in [6.07, 6.45) is 16.9. The molecule has 2 atom stereocenters. The molecule has 0 nitrogen and oxygen atoms in total. The molecule has 0 N–H and O–H groups in total. The Morgan fingerprint density at radius 3 is 1.70 bits per heavy atom. The molecule has 176 valence electrons. The van der Waals surface area contributed by atoms with Crippen LogP contribution in [0.1, 0.15) is 112 Å². The van der Waals surface area contributed by atoms with E-state index in [1.807, 2.05) is 13.8 Å². The van der Waals surface area contributed by atoms with Crippen molar-refractivity contribution < 1.29 is 0 Å². The third kappa shape index (κ3) is 26.7. The Morgan fingerprint density at radius 1 is 0.833 bits per heavy atom. The van der Waals surface area contributed by atoms with E-state index in [0.29, 0.717) is 0 Å². The van der Waals surface area contributed by atoms with Gasteiger partial charge in [-0.05, 0) is 64.7 Å². The van der Waals surface area contributed by atoms with Gasteiger partial charge in [0, 0.05) is 0 Å². The largest absolute Gasteiger partial charge is 0.0917 e. The molecule has 0 radical (unpaired) electrons. The summed E-state index contributed by atoms with van der Waals surface area (Å²) in [6.45, 7) is 23.8. The maximum atomic E-state index is 2.35. The van der Waals surface area contributed by atoms with Crippen LogP contribution in [0.25, 0.3) is 0 Å². The van der Waals surface area contributed by atoms with Gasteiger partial charge in [-0.25, -0.2) is 0 Å². The standard InChI is InChI=1S/C11H22.C9H18.C8H10.C2H6/c1-5-7-11(8-6-2)9-10(3)4;1-4-6-8-9(3)7-5-2;1-7-4-3-5-8(2)6-7;1-2/h5,7,10-11H,6,8-9H2,1-4H3;4,6,9H,5,7-8H2,1-3H3;3-6H,1-2H3;1-2H3/b7-5+;6-4+;;/t11-;9-;;/m01../s1. The highest BCUT2D eigenvalue weighted by Gasteiger charge is 2.05. The molecule has 0 aliphatic carbocycles. The van der Waals surface area contributed by atoms with Crippen LogP contribution in [0.15, 0.2) is 48.6 Å². The molecule has 0 heteroatoms. The molecule has 0 spiro atoms. The summed E-state index contributed by atoms with van der Waals surface area (Å²) in [5, 5.41) is 0. The minimum atomic E-state index is 0.824. The van der Waals surface area contributed by atoms with E-state index in [1.54, 1.807) is 0 Å². The predicted octanol–water partition coefficient (Wildman–Crippen LogP) is 10.7. The molecule has 0 aliphatic heterocycles. The van der Waals surface area contributed by atoms with Crippen molar-refractivity contribution in [2.75, 3.05) is 0 Å². The van der Waals surface area contributed by atoms with Crippen LogP contribution in [0.2, 0.25) is 0 Å². The molecule has 0 bridgehead atoms. The smallest absolute Gasteiger partial charge is 0.0231 e. The van der Waals surface area contributed by atoms with Gasteiger partial charge in [0.25, 0.3) is 0 Å². The van der Waals surface area contributed by atoms with E-state index in [1.165, 1.54) is 49.7 Å². The molecule has 0 fully saturated rings. The fourth-order valence-corrected chi connectivity index (χ4v) is 3.33. The summed E-state index contributed by atoms with van der Waals surface area (Å²) in [7, 11) is 0. The second-order valence-corrected chi connectivity index (χ2v) is 8.56. The Kier molecular flexibility index (Phi) is 28.6. The highest BCUT2D eigenvalue weighted by atomic mass is 14.1. The average Bonchev–Trinajstić information content (AvgIpc) is 2.69. The van der Waals surface area contributed by atoms with Gasteiger partial charge >= 0.3 is 0 Å². The van der Waals surface area contributed by atoms with Gasteiger partial charge in [0.15, 0.2) is 0 Å². The Labute approximate surface area is 192 Å². The van der Waals surface area contributed by atoms with Gasteiger partial charge in [0.2, 0.25) is 0 Å². The summed E-state index contributed by atoms with van der Waals surface area (Å²) < 4.78 is 0. The molecule has 0 saturated heterocycles. The first-order valence-electron chi connectivity index (χ1n) is 12.6. The lowest BCUT2D eigenvalue weighted by Gasteiger charge is -2.13. The van der Waals surface area contributed by atoms with Crippen molar-refractivity contribution in [1.82, 2.24) is 0 Å². The van der Waals surface area contributed by atoms with E-state index < -0.39 is 0 Å². The number of hydrogen-bond acceptors (Lipinski definition) is 0. The summed E-state index contributed by atoms with van der Waals surface area (Å²) in [5.41, 5.74) is 2.68. The van der Waals surface area contributed by atoms with Crippen molar-refractivity contribution in [3.05, 3.63) is 59.7 Å². The predicted molar refractivity (Wildman–Crippen MR) is 143 cm³/mol. The molecular weight excluding hydrogens is 360 g/mol. The molecule has 0 amide bonds. The molecule has 0 aliphatic rings. The Bertz CT molecular complexity index is 475. The first-order valence-corrected chi connectivity index (χ1v) is 12.6. The highest BCUT2D eigenvalue weighted by Crippen LogP contribution is 2.18. The van der Waals surface area contributed by atoms with Gasteiger partial charge < -0.3 is 0 Å². The van der Waals surface area contributed by atoms with Crippen LogP contribution in [0.3, 0.4) is 0 Å². The molecule has 30 heavy (non-hydrogen) atoms. The van der Waals surface area contributed by atoms with Crippen LogP contribution in [0.5, 0.6) is 0 Å². The van der Waals surface area contributed by atoms with Gasteiger partial charge in [0.1, 0.15) is 0 Å². The molecule has 0 saturated carbocycles. The molecule has 0 heterocycles. The van der Waals surface area contributed by atoms with Gasteiger partial charge in [-0.1, -0.05) is 127 Å². The van der Waals surface area contributed by atoms with Gasteiger partial charge in [-0.3, -0.25) is 0 Å². The number of rotatable bonds is 9. The van der Waals surface area contributed by atoms with E-state index in [0.717, 1.165) is 17.8 Å². The molecule has 1 rings (SSSR count). The van der Waals surface area contributed by atoms with Crippen molar-refractivity contribution in [2.45, 2.75) is 115 Å². The zero-order valence-corrected chi connectivity index (χ0v) is 22.6. The van der Waals surface area contributed by atoms with Crippen molar-refractivity contribution in [3.63, 3.8) is 0 Å². The van der Waals surface area contributed by atoms with Crippen LogP contribution in [-0.4, -0.2) is 0 Å². The number of aryl methyl sites for hydroxylation is 2. The first kappa shape index (κ1) is 33.3. The quantitative estimate of drug-likeness (QED) is 0.351. The van der Waals surface area contributed by atoms with Crippen molar-refractivity contribution in [2.24, 2.45) is 17.8 Å². The zero-order chi connectivity index (χ0) is 23.8. The SMILES string of the molecule is C/C=C/C[C@H](C)CCC.C/C=C/[C@@H](CCC)CC(C)C.CC.Cc1cccc(C)c1. The van der Waals surface area contributed by atoms with Crippen molar-refractivity contribution >= 4 is 0 Å². The lowest BCUT2D eigenvalue weighted by molar-refractivity contribution is 0.448. The van der Waals surface area contributed by atoms with Gasteiger partial charge in [-0.15, -0.1) is 0 Å². The number of allylic oxidation sites excluding steroid dienone is 4. The zero-order valence-electron chi connectivity index (χ0n) is 22.6. The summed E-state index contributed by atoms with van der Waals surface area (Å²) in [6, 6.07) is 8.45. The fourth-order valence-electron chi connectivity index (χ4n) is 3.33. The number of hydrogen-bond donors (Lipinski definition) is 0. The van der Waals surface area contributed by atoms with Crippen LogP contribution < -0.4 is 0 Å². The minimum Gasteiger partial charge on any atom is -0.0917 e. The second kappa shape index (κ2) is 25.7. The topological polar surface area (TPSA) is 0 Å². The average molecular weight is 417 g/mol. The first-order chi connectivity index (χ1) is 14.3. The monoisotopic (exact) mass is 416 g/mol. The molecule has 1 aromatic carbocycles. The number of benzene rings is 1. The highest BCUT2D eigenvalue weighted by molar-refractivity contribution is 5.20. The summed E-state index contributed by atoms with van der Waals surface area (Å²) in [5.74, 6) is 2.54. The normalized spacial score (nSPS) is 12.4. The lowest BCUT2D eigenvalue weighted by atomic mass is 9.93. The molecule has 0 unspecified atom stereocenters. The van der Waals surface area contributed by atoms with Crippen molar-refractivity contribution in [1.29, 1.82) is 0 Å². The Hall–Kier alpha value is -1.30. The molecular formula is C30H56. The maximum absolute atomic E-state index is 2.35. The Balaban J connectivity index is -0.000000353. The van der Waals surface area contributed by atoms with Crippen LogP contribution >= 0.6 is 0 Å². The van der Waals surface area contributed by atoms with Crippen LogP contribution in [0.4, 0.5) is 0 Å². The van der Waals surface area contributed by atoms with E-state index in [9.17, 15) is 0 Å². The van der Waals surface area contributed by atoms with Crippen LogP contribution in [-0.2, 0) is 0 Å². The van der Waals surface area contributed by atoms with Gasteiger partial charge in [-0.2, -0.15) is 0 Å². The summed E-state index contributed by atoms with van der Waals surface area (Å²) in [4.78, 5) is 0. The maximum Gasteiger partial charge on any atom is -0.0231 e. The van der Waals surface area contributed by atoms with E-state index in [2.05, 4.69) is 111 Å². The van der Waals surface area contributed by atoms with E-state index in [4.69, 9.17) is 0 Å². The third-order valence-electron chi connectivity index (χ3n) is 4.63. The molecule has 1 aromatic rings. The lowest BCUT2D eigenvalue weighted by Crippen LogP contribution is -2.00.